The number of imidazole rings is 1. The summed E-state index contributed by atoms with van der Waals surface area (Å²) < 4.78 is 15.9. The van der Waals surface area contributed by atoms with Gasteiger partial charge in [0.05, 0.1) is 6.20 Å². The number of fused-ring (bicyclic) bond motifs is 1. The summed E-state index contributed by atoms with van der Waals surface area (Å²) in [7, 11) is 0. The normalized spacial score (nSPS) is 11.3. The number of nitrogens with zero attached hydrogens (tertiary/aromatic N) is 3. The number of carbonyl (C=O) groups excluding carboxylic acids is 1. The maximum Gasteiger partial charge on any atom is 0.303 e. The van der Waals surface area contributed by atoms with E-state index in [9.17, 15) is 4.79 Å². The molecule has 0 aromatic carbocycles. The van der Waals surface area contributed by atoms with Crippen LogP contribution in [-0.2, 0) is 32.0 Å². The first kappa shape index (κ1) is 18.3. The van der Waals surface area contributed by atoms with E-state index >= 15 is 0 Å². The molecular formula is C16H24N4O4. The molecule has 0 saturated heterocycles. The van der Waals surface area contributed by atoms with Gasteiger partial charge in [-0.1, -0.05) is 0 Å². The number of esters is 1. The SMILES string of the molecule is CCOC(CCCc1nc2nc(COC(C)=O)ncc2[nH]1)OCC. The Kier molecular flexibility index (Phi) is 7.07. The zero-order valence-corrected chi connectivity index (χ0v) is 14.4. The van der Waals surface area contributed by atoms with Gasteiger partial charge in [0, 0.05) is 26.6 Å². The van der Waals surface area contributed by atoms with Gasteiger partial charge in [0.1, 0.15) is 11.3 Å². The fraction of sp³-hybridized carbons (Fsp3) is 0.625. The second-order valence-electron chi connectivity index (χ2n) is 5.22. The van der Waals surface area contributed by atoms with Crippen LogP contribution in [0.1, 0.15) is 45.3 Å². The number of hydrogen-bond donors (Lipinski definition) is 1. The van der Waals surface area contributed by atoms with Crippen LogP contribution in [0.5, 0.6) is 0 Å². The topological polar surface area (TPSA) is 99.2 Å². The van der Waals surface area contributed by atoms with Crippen molar-refractivity contribution in [2.45, 2.75) is 52.9 Å². The molecule has 0 amide bonds. The molecule has 2 rings (SSSR count). The third-order valence-electron chi connectivity index (χ3n) is 3.30. The average molecular weight is 336 g/mol. The van der Waals surface area contributed by atoms with Gasteiger partial charge in [0.15, 0.2) is 24.4 Å². The Labute approximate surface area is 140 Å². The van der Waals surface area contributed by atoms with Crippen molar-refractivity contribution < 1.29 is 19.0 Å². The number of aromatic nitrogens is 4. The van der Waals surface area contributed by atoms with E-state index < -0.39 is 0 Å². The van der Waals surface area contributed by atoms with Crippen LogP contribution in [0.25, 0.3) is 11.2 Å². The number of ether oxygens (including phenoxy) is 3. The molecule has 0 unspecified atom stereocenters. The van der Waals surface area contributed by atoms with Crippen LogP contribution in [-0.4, -0.2) is 45.4 Å². The van der Waals surface area contributed by atoms with E-state index in [4.69, 9.17) is 14.2 Å². The fourth-order valence-corrected chi connectivity index (χ4v) is 2.27. The number of rotatable bonds is 10. The molecular weight excluding hydrogens is 312 g/mol. The van der Waals surface area contributed by atoms with E-state index in [0.717, 1.165) is 30.6 Å². The molecule has 24 heavy (non-hydrogen) atoms. The van der Waals surface area contributed by atoms with Crippen LogP contribution in [0.3, 0.4) is 0 Å². The number of nitrogens with one attached hydrogen (secondary N) is 1. The number of aryl methyl sites for hydroxylation is 1. The lowest BCUT2D eigenvalue weighted by Crippen LogP contribution is -2.17. The van der Waals surface area contributed by atoms with Crippen molar-refractivity contribution in [3.05, 3.63) is 17.8 Å². The third kappa shape index (κ3) is 5.54. The van der Waals surface area contributed by atoms with Crippen LogP contribution in [0.2, 0.25) is 0 Å². The molecule has 8 heteroatoms. The molecule has 0 saturated carbocycles. The van der Waals surface area contributed by atoms with E-state index in [-0.39, 0.29) is 18.9 Å². The lowest BCUT2D eigenvalue weighted by Gasteiger charge is -2.16. The van der Waals surface area contributed by atoms with E-state index in [2.05, 4.69) is 19.9 Å². The quantitative estimate of drug-likeness (QED) is 0.524. The van der Waals surface area contributed by atoms with Crippen molar-refractivity contribution in [1.82, 2.24) is 19.9 Å². The Morgan fingerprint density at radius 2 is 2.00 bits per heavy atom. The number of hydrogen-bond acceptors (Lipinski definition) is 7. The highest BCUT2D eigenvalue weighted by atomic mass is 16.7. The van der Waals surface area contributed by atoms with Gasteiger partial charge in [0.25, 0.3) is 0 Å². The summed E-state index contributed by atoms with van der Waals surface area (Å²) in [6, 6.07) is 0. The Morgan fingerprint density at radius 1 is 1.25 bits per heavy atom. The molecule has 0 fully saturated rings. The lowest BCUT2D eigenvalue weighted by atomic mass is 10.2. The first-order valence-electron chi connectivity index (χ1n) is 8.19. The van der Waals surface area contributed by atoms with Crippen LogP contribution in [0.15, 0.2) is 6.20 Å². The van der Waals surface area contributed by atoms with Crippen molar-refractivity contribution in [3.63, 3.8) is 0 Å². The summed E-state index contributed by atoms with van der Waals surface area (Å²) in [5, 5.41) is 0. The highest BCUT2D eigenvalue weighted by Crippen LogP contribution is 2.12. The van der Waals surface area contributed by atoms with Crippen LogP contribution >= 0.6 is 0 Å². The van der Waals surface area contributed by atoms with Gasteiger partial charge >= 0.3 is 5.97 Å². The minimum absolute atomic E-state index is 0.0534. The smallest absolute Gasteiger partial charge is 0.303 e. The van der Waals surface area contributed by atoms with E-state index in [1.165, 1.54) is 6.92 Å². The van der Waals surface area contributed by atoms with Gasteiger partial charge in [-0.3, -0.25) is 4.79 Å². The molecule has 1 N–H and O–H groups in total. The van der Waals surface area contributed by atoms with Crippen molar-refractivity contribution in [3.8, 4) is 0 Å². The Bertz CT molecular complexity index is 653. The second-order valence-corrected chi connectivity index (χ2v) is 5.22. The minimum atomic E-state index is -0.362. The highest BCUT2D eigenvalue weighted by molar-refractivity contribution is 5.69. The highest BCUT2D eigenvalue weighted by Gasteiger charge is 2.10. The van der Waals surface area contributed by atoms with E-state index in [1.807, 2.05) is 13.8 Å². The molecule has 2 heterocycles. The molecule has 0 aliphatic heterocycles. The van der Waals surface area contributed by atoms with Crippen molar-refractivity contribution >= 4 is 17.1 Å². The van der Waals surface area contributed by atoms with Crippen molar-refractivity contribution in [2.75, 3.05) is 13.2 Å². The molecule has 8 nitrogen and oxygen atoms in total. The van der Waals surface area contributed by atoms with Gasteiger partial charge in [-0.25, -0.2) is 15.0 Å². The van der Waals surface area contributed by atoms with Crippen LogP contribution in [0.4, 0.5) is 0 Å². The monoisotopic (exact) mass is 336 g/mol. The summed E-state index contributed by atoms with van der Waals surface area (Å²) in [5.41, 5.74) is 1.34. The average Bonchev–Trinajstić information content (AvgIpc) is 2.95. The van der Waals surface area contributed by atoms with Gasteiger partial charge in [-0.2, -0.15) is 0 Å². The molecule has 132 valence electrons. The first-order valence-corrected chi connectivity index (χ1v) is 8.19. The summed E-state index contributed by atoms with van der Waals surface area (Å²) in [6.45, 7) is 6.58. The van der Waals surface area contributed by atoms with E-state index in [0.29, 0.717) is 24.7 Å². The Balaban J connectivity index is 1.91. The zero-order valence-electron chi connectivity index (χ0n) is 14.4. The maximum atomic E-state index is 10.8. The van der Waals surface area contributed by atoms with Gasteiger partial charge in [-0.05, 0) is 26.7 Å². The second kappa shape index (κ2) is 9.29. The summed E-state index contributed by atoms with van der Waals surface area (Å²) >= 11 is 0. The van der Waals surface area contributed by atoms with Crippen molar-refractivity contribution in [1.29, 1.82) is 0 Å². The summed E-state index contributed by atoms with van der Waals surface area (Å²) in [5.74, 6) is 0.916. The Hall–Kier alpha value is -2.06. The van der Waals surface area contributed by atoms with Gasteiger partial charge in [-0.15, -0.1) is 0 Å². The van der Waals surface area contributed by atoms with Crippen molar-refractivity contribution in [2.24, 2.45) is 0 Å². The maximum absolute atomic E-state index is 10.8. The predicted molar refractivity (Wildman–Crippen MR) is 87.1 cm³/mol. The minimum Gasteiger partial charge on any atom is -0.458 e. The van der Waals surface area contributed by atoms with E-state index in [1.54, 1.807) is 6.20 Å². The largest absolute Gasteiger partial charge is 0.458 e. The van der Waals surface area contributed by atoms with Gasteiger partial charge in [0.2, 0.25) is 0 Å². The third-order valence-corrected chi connectivity index (χ3v) is 3.30. The molecule has 0 spiro atoms. The standard InChI is InChI=1S/C16H24N4O4/c1-4-22-15(23-5-2)8-6-7-13-18-12-9-17-14(10-24-11(3)21)20-16(12)19-13/h9,15H,4-8,10H2,1-3H3,(H,17,18,19,20). The Morgan fingerprint density at radius 3 is 2.67 bits per heavy atom. The number of aromatic amines is 1. The van der Waals surface area contributed by atoms with Gasteiger partial charge < -0.3 is 19.2 Å². The van der Waals surface area contributed by atoms with Crippen LogP contribution < -0.4 is 0 Å². The summed E-state index contributed by atoms with van der Waals surface area (Å²) in [4.78, 5) is 26.9. The molecule has 0 aliphatic carbocycles. The lowest BCUT2D eigenvalue weighted by molar-refractivity contribution is -0.142. The molecule has 0 radical (unpaired) electrons. The molecule has 0 atom stereocenters. The molecule has 2 aromatic heterocycles. The number of carbonyl (C=O) groups is 1. The summed E-state index contributed by atoms with van der Waals surface area (Å²) in [6.07, 6.45) is 3.95. The zero-order chi connectivity index (χ0) is 17.4. The fourth-order valence-electron chi connectivity index (χ4n) is 2.27. The predicted octanol–water partition coefficient (Wildman–Crippen LogP) is 2.14. The van der Waals surface area contributed by atoms with Crippen LogP contribution in [0, 0.1) is 0 Å². The number of H-pyrrole nitrogens is 1. The first-order chi connectivity index (χ1) is 11.6. The molecule has 0 bridgehead atoms. The molecule has 0 aliphatic rings. The molecule has 2 aromatic rings.